The summed E-state index contributed by atoms with van der Waals surface area (Å²) in [7, 11) is -0.741. The molecule has 2 rings (SSSR count). The van der Waals surface area contributed by atoms with Gasteiger partial charge in [0.25, 0.3) is 10.0 Å². The van der Waals surface area contributed by atoms with Gasteiger partial charge in [0.2, 0.25) is 0 Å². The Morgan fingerprint density at radius 1 is 1.05 bits per heavy atom. The number of nitrogens with two attached hydrogens (primary N) is 1. The number of nitrogen functional groups attached to an aromatic ring is 1. The van der Waals surface area contributed by atoms with E-state index >= 15 is 0 Å². The molecule has 3 N–H and O–H groups in total. The molecule has 0 aliphatic carbocycles. The number of benzene rings is 2. The second-order valence-electron chi connectivity index (χ2n) is 4.24. The van der Waals surface area contributed by atoms with E-state index in [0.29, 0.717) is 22.9 Å². The van der Waals surface area contributed by atoms with Crippen molar-refractivity contribution in [3.05, 3.63) is 42.5 Å². The number of anilines is 2. The van der Waals surface area contributed by atoms with Crippen LogP contribution in [0.1, 0.15) is 0 Å². The molecule has 0 aromatic heterocycles. The van der Waals surface area contributed by atoms with E-state index in [4.69, 9.17) is 15.2 Å². The van der Waals surface area contributed by atoms with E-state index in [2.05, 4.69) is 4.72 Å². The van der Waals surface area contributed by atoms with Gasteiger partial charge in [-0.15, -0.1) is 0 Å². The maximum atomic E-state index is 12.3. The predicted octanol–water partition coefficient (Wildman–Crippen LogP) is 2.09. The van der Waals surface area contributed by atoms with Gasteiger partial charge in [-0.2, -0.15) is 0 Å². The molecule has 0 aliphatic heterocycles. The molecule has 0 spiro atoms. The molecule has 6 nitrogen and oxygen atoms in total. The molecule has 0 heterocycles. The molecule has 0 aliphatic rings. The molecule has 0 radical (unpaired) electrons. The van der Waals surface area contributed by atoms with Crippen molar-refractivity contribution in [1.29, 1.82) is 0 Å². The molecule has 0 atom stereocenters. The third-order valence-electron chi connectivity index (χ3n) is 2.83. The van der Waals surface area contributed by atoms with Gasteiger partial charge in [-0.3, -0.25) is 4.72 Å². The van der Waals surface area contributed by atoms with Crippen LogP contribution in [-0.4, -0.2) is 22.6 Å². The summed E-state index contributed by atoms with van der Waals surface area (Å²) in [6.45, 7) is 0. The molecule has 7 heteroatoms. The van der Waals surface area contributed by atoms with Crippen molar-refractivity contribution in [2.75, 3.05) is 24.7 Å². The zero-order valence-electron chi connectivity index (χ0n) is 11.7. The first-order chi connectivity index (χ1) is 9.96. The van der Waals surface area contributed by atoms with Gasteiger partial charge in [-0.25, -0.2) is 8.42 Å². The second-order valence-corrected chi connectivity index (χ2v) is 5.92. The predicted molar refractivity (Wildman–Crippen MR) is 81.2 cm³/mol. The maximum absolute atomic E-state index is 12.3. The summed E-state index contributed by atoms with van der Waals surface area (Å²) in [5.41, 5.74) is 6.46. The molecule has 2 aromatic carbocycles. The average molecular weight is 308 g/mol. The summed E-state index contributed by atoms with van der Waals surface area (Å²) in [5, 5.41) is 0. The van der Waals surface area contributed by atoms with Crippen LogP contribution in [0.15, 0.2) is 47.4 Å². The number of hydrogen-bond donors (Lipinski definition) is 2. The highest BCUT2D eigenvalue weighted by Gasteiger charge is 2.15. The van der Waals surface area contributed by atoms with E-state index in [0.717, 1.165) is 0 Å². The lowest BCUT2D eigenvalue weighted by molar-refractivity contribution is 0.413. The molecule has 0 unspecified atom stereocenters. The van der Waals surface area contributed by atoms with Crippen LogP contribution in [-0.2, 0) is 10.0 Å². The van der Waals surface area contributed by atoms with Gasteiger partial charge >= 0.3 is 0 Å². The molecule has 112 valence electrons. The zero-order chi connectivity index (χ0) is 15.5. The second kappa shape index (κ2) is 5.92. The van der Waals surface area contributed by atoms with Crippen LogP contribution >= 0.6 is 0 Å². The van der Waals surface area contributed by atoms with Gasteiger partial charge in [0.1, 0.15) is 11.5 Å². The summed E-state index contributed by atoms with van der Waals surface area (Å²) in [6.07, 6.45) is 0. The van der Waals surface area contributed by atoms with Gasteiger partial charge < -0.3 is 15.2 Å². The summed E-state index contributed by atoms with van der Waals surface area (Å²) in [4.78, 5) is 0.108. The van der Waals surface area contributed by atoms with Crippen molar-refractivity contribution in [2.24, 2.45) is 0 Å². The van der Waals surface area contributed by atoms with Crippen LogP contribution in [0, 0.1) is 0 Å². The minimum atomic E-state index is -3.71. The monoisotopic (exact) mass is 308 g/mol. The highest BCUT2D eigenvalue weighted by atomic mass is 32.2. The summed E-state index contributed by atoms with van der Waals surface area (Å²) in [6, 6.07) is 10.9. The van der Waals surface area contributed by atoms with Gasteiger partial charge in [0.05, 0.1) is 30.5 Å². The number of sulfonamides is 1. The summed E-state index contributed by atoms with van der Waals surface area (Å²) < 4.78 is 37.1. The highest BCUT2D eigenvalue weighted by Crippen LogP contribution is 2.26. The Balaban J connectivity index is 2.30. The SMILES string of the molecule is COc1cccc(S(=O)(=O)Nc2ccc(OC)c(N)c2)c1. The van der Waals surface area contributed by atoms with Crippen molar-refractivity contribution >= 4 is 21.4 Å². The smallest absolute Gasteiger partial charge is 0.262 e. The number of methoxy groups -OCH3 is 2. The third kappa shape index (κ3) is 3.38. The van der Waals surface area contributed by atoms with Gasteiger partial charge in [-0.05, 0) is 30.3 Å². The molecule has 0 saturated heterocycles. The summed E-state index contributed by atoms with van der Waals surface area (Å²) in [5.74, 6) is 0.950. The Hall–Kier alpha value is -2.41. The lowest BCUT2D eigenvalue weighted by Gasteiger charge is -2.11. The van der Waals surface area contributed by atoms with Crippen LogP contribution in [0.3, 0.4) is 0 Å². The molecule has 0 fully saturated rings. The molecule has 21 heavy (non-hydrogen) atoms. The first-order valence-corrected chi connectivity index (χ1v) is 7.55. The van der Waals surface area contributed by atoms with Crippen LogP contribution in [0.2, 0.25) is 0 Å². The van der Waals surface area contributed by atoms with Crippen molar-refractivity contribution in [3.8, 4) is 11.5 Å². The van der Waals surface area contributed by atoms with E-state index in [1.54, 1.807) is 24.3 Å². The van der Waals surface area contributed by atoms with Crippen LogP contribution in [0.4, 0.5) is 11.4 Å². The van der Waals surface area contributed by atoms with E-state index in [1.807, 2.05) is 0 Å². The topological polar surface area (TPSA) is 90.7 Å². The first kappa shape index (κ1) is 15.0. The Kier molecular flexibility index (Phi) is 4.23. The van der Waals surface area contributed by atoms with E-state index < -0.39 is 10.0 Å². The fourth-order valence-electron chi connectivity index (χ4n) is 1.78. The quantitative estimate of drug-likeness (QED) is 0.825. The Morgan fingerprint density at radius 2 is 1.81 bits per heavy atom. The third-order valence-corrected chi connectivity index (χ3v) is 4.21. The van der Waals surface area contributed by atoms with Crippen molar-refractivity contribution < 1.29 is 17.9 Å². The first-order valence-electron chi connectivity index (χ1n) is 6.06. The molecule has 2 aromatic rings. The standard InChI is InChI=1S/C14H16N2O4S/c1-19-11-4-3-5-12(9-11)21(17,18)16-10-6-7-14(20-2)13(15)8-10/h3-9,16H,15H2,1-2H3. The zero-order valence-corrected chi connectivity index (χ0v) is 12.5. The summed E-state index contributed by atoms with van der Waals surface area (Å²) >= 11 is 0. The van der Waals surface area contributed by atoms with Gasteiger partial charge in [-0.1, -0.05) is 6.07 Å². The maximum Gasteiger partial charge on any atom is 0.262 e. The van der Waals surface area contributed by atoms with E-state index in [9.17, 15) is 8.42 Å². The lowest BCUT2D eigenvalue weighted by atomic mass is 10.2. The molecule has 0 bridgehead atoms. The molecule has 0 saturated carbocycles. The van der Waals surface area contributed by atoms with Crippen LogP contribution < -0.4 is 19.9 Å². The Bertz CT molecular complexity index is 744. The Labute approximate surface area is 123 Å². The normalized spacial score (nSPS) is 11.0. The largest absolute Gasteiger partial charge is 0.497 e. The van der Waals surface area contributed by atoms with Crippen LogP contribution in [0.25, 0.3) is 0 Å². The van der Waals surface area contributed by atoms with Crippen molar-refractivity contribution in [2.45, 2.75) is 4.90 Å². The number of rotatable bonds is 5. The average Bonchev–Trinajstić information content (AvgIpc) is 2.47. The number of nitrogens with one attached hydrogen (secondary N) is 1. The van der Waals surface area contributed by atoms with Gasteiger partial charge in [0.15, 0.2) is 0 Å². The van der Waals surface area contributed by atoms with Gasteiger partial charge in [0, 0.05) is 6.07 Å². The fourth-order valence-corrected chi connectivity index (χ4v) is 2.86. The van der Waals surface area contributed by atoms with Crippen molar-refractivity contribution in [1.82, 2.24) is 0 Å². The molecular formula is C14H16N2O4S. The minimum Gasteiger partial charge on any atom is -0.497 e. The lowest BCUT2D eigenvalue weighted by Crippen LogP contribution is -2.13. The van der Waals surface area contributed by atoms with Crippen LogP contribution in [0.5, 0.6) is 11.5 Å². The van der Waals surface area contributed by atoms with E-state index in [1.165, 1.54) is 32.4 Å². The fraction of sp³-hybridized carbons (Fsp3) is 0.143. The Morgan fingerprint density at radius 3 is 2.43 bits per heavy atom. The van der Waals surface area contributed by atoms with Crippen molar-refractivity contribution in [3.63, 3.8) is 0 Å². The minimum absolute atomic E-state index is 0.108. The molecular weight excluding hydrogens is 292 g/mol. The highest BCUT2D eigenvalue weighted by molar-refractivity contribution is 7.92. The number of ether oxygens (including phenoxy) is 2. The number of hydrogen-bond acceptors (Lipinski definition) is 5. The molecule has 0 amide bonds. The van der Waals surface area contributed by atoms with E-state index in [-0.39, 0.29) is 4.90 Å².